The molecule has 2 heteroatoms. The molecule has 1 fully saturated rings. The fraction of sp³-hybridized carbons (Fsp3) is 1.00. The molecular formula is C9H19NS. The first-order valence-electron chi connectivity index (χ1n) is 4.44. The van der Waals surface area contributed by atoms with Crippen LogP contribution in [-0.4, -0.2) is 12.3 Å². The van der Waals surface area contributed by atoms with Gasteiger partial charge in [-0.25, -0.2) is 0 Å². The summed E-state index contributed by atoms with van der Waals surface area (Å²) in [4.78, 5) is 0. The third kappa shape index (κ3) is 1.73. The van der Waals surface area contributed by atoms with Crippen molar-refractivity contribution in [2.75, 3.05) is 12.3 Å². The molecule has 2 N–H and O–H groups in total. The second kappa shape index (κ2) is 3.36. The van der Waals surface area contributed by atoms with Crippen LogP contribution in [0.5, 0.6) is 0 Å². The van der Waals surface area contributed by atoms with Crippen LogP contribution in [0, 0.1) is 17.3 Å². The van der Waals surface area contributed by atoms with Crippen molar-refractivity contribution in [2.45, 2.75) is 26.7 Å². The third-order valence-electron chi connectivity index (χ3n) is 3.25. The van der Waals surface area contributed by atoms with E-state index >= 15 is 0 Å². The molecule has 1 aliphatic carbocycles. The first-order valence-corrected chi connectivity index (χ1v) is 5.08. The molecule has 0 radical (unpaired) electrons. The molecule has 66 valence electrons. The number of hydrogen-bond acceptors (Lipinski definition) is 2. The Morgan fingerprint density at radius 3 is 2.00 bits per heavy atom. The predicted molar refractivity (Wildman–Crippen MR) is 52.9 cm³/mol. The highest BCUT2D eigenvalue weighted by atomic mass is 32.1. The molecule has 0 aromatic heterocycles. The maximum absolute atomic E-state index is 5.75. The normalized spacial score (nSPS) is 44.7. The zero-order chi connectivity index (χ0) is 8.48. The minimum atomic E-state index is 0.363. The Balaban J connectivity index is 2.61. The second-order valence-electron chi connectivity index (χ2n) is 4.23. The van der Waals surface area contributed by atoms with Crippen LogP contribution in [0.1, 0.15) is 26.7 Å². The van der Waals surface area contributed by atoms with E-state index in [0.717, 1.165) is 24.1 Å². The summed E-state index contributed by atoms with van der Waals surface area (Å²) in [6.45, 7) is 5.46. The molecule has 2 unspecified atom stereocenters. The lowest BCUT2D eigenvalue weighted by Gasteiger charge is -2.24. The van der Waals surface area contributed by atoms with E-state index in [0.29, 0.717) is 5.41 Å². The van der Waals surface area contributed by atoms with Crippen LogP contribution in [0.15, 0.2) is 0 Å². The Bertz CT molecular complexity index is 120. The molecule has 1 aliphatic rings. The van der Waals surface area contributed by atoms with Crippen molar-refractivity contribution in [1.82, 2.24) is 0 Å². The van der Waals surface area contributed by atoms with Gasteiger partial charge >= 0.3 is 0 Å². The molecule has 0 saturated heterocycles. The first kappa shape index (κ1) is 9.40. The van der Waals surface area contributed by atoms with Crippen molar-refractivity contribution in [3.05, 3.63) is 0 Å². The molecule has 1 nitrogen and oxygen atoms in total. The minimum Gasteiger partial charge on any atom is -0.330 e. The van der Waals surface area contributed by atoms with Gasteiger partial charge in [-0.1, -0.05) is 13.8 Å². The molecule has 11 heavy (non-hydrogen) atoms. The second-order valence-corrected chi connectivity index (χ2v) is 4.54. The highest BCUT2D eigenvalue weighted by molar-refractivity contribution is 7.80. The third-order valence-corrected chi connectivity index (χ3v) is 3.92. The van der Waals surface area contributed by atoms with Crippen LogP contribution in [-0.2, 0) is 0 Å². The maximum atomic E-state index is 5.75. The standard InChI is InChI=1S/C9H19NS/c1-7-3-9(5-10,6-11)4-8(7)2/h7-8,11H,3-6,10H2,1-2H3. The zero-order valence-electron chi connectivity index (χ0n) is 7.51. The molecule has 1 saturated carbocycles. The minimum absolute atomic E-state index is 0.363. The van der Waals surface area contributed by atoms with Gasteiger partial charge in [0.1, 0.15) is 0 Å². The first-order chi connectivity index (χ1) is 5.13. The summed E-state index contributed by atoms with van der Waals surface area (Å²) in [5.41, 5.74) is 6.12. The summed E-state index contributed by atoms with van der Waals surface area (Å²) in [6, 6.07) is 0. The monoisotopic (exact) mass is 173 g/mol. The van der Waals surface area contributed by atoms with E-state index in [1.165, 1.54) is 12.8 Å². The van der Waals surface area contributed by atoms with Crippen LogP contribution in [0.3, 0.4) is 0 Å². The van der Waals surface area contributed by atoms with Gasteiger partial charge in [-0.15, -0.1) is 0 Å². The van der Waals surface area contributed by atoms with E-state index in [2.05, 4.69) is 26.5 Å². The van der Waals surface area contributed by atoms with Gasteiger partial charge in [0.25, 0.3) is 0 Å². The van der Waals surface area contributed by atoms with Crippen molar-refractivity contribution in [1.29, 1.82) is 0 Å². The number of nitrogens with two attached hydrogens (primary N) is 1. The molecule has 2 atom stereocenters. The van der Waals surface area contributed by atoms with Gasteiger partial charge in [0.05, 0.1) is 0 Å². The fourth-order valence-corrected chi connectivity index (χ4v) is 2.60. The Kier molecular flexibility index (Phi) is 2.87. The van der Waals surface area contributed by atoms with E-state index < -0.39 is 0 Å². The van der Waals surface area contributed by atoms with Gasteiger partial charge in [-0.05, 0) is 42.4 Å². The topological polar surface area (TPSA) is 26.0 Å². The summed E-state index contributed by atoms with van der Waals surface area (Å²) in [5, 5.41) is 0. The number of rotatable bonds is 2. The Morgan fingerprint density at radius 2 is 1.82 bits per heavy atom. The van der Waals surface area contributed by atoms with E-state index in [9.17, 15) is 0 Å². The quantitative estimate of drug-likeness (QED) is 0.613. The zero-order valence-corrected chi connectivity index (χ0v) is 8.40. The summed E-state index contributed by atoms with van der Waals surface area (Å²) >= 11 is 4.38. The predicted octanol–water partition coefficient (Wildman–Crippen LogP) is 1.93. The van der Waals surface area contributed by atoms with Crippen LogP contribution in [0.25, 0.3) is 0 Å². The lowest BCUT2D eigenvalue weighted by atomic mass is 9.87. The molecular weight excluding hydrogens is 154 g/mol. The van der Waals surface area contributed by atoms with E-state index in [-0.39, 0.29) is 0 Å². The van der Waals surface area contributed by atoms with E-state index in [1.807, 2.05) is 0 Å². The van der Waals surface area contributed by atoms with Crippen molar-refractivity contribution < 1.29 is 0 Å². The number of thiol groups is 1. The summed E-state index contributed by atoms with van der Waals surface area (Å²) < 4.78 is 0. The maximum Gasteiger partial charge on any atom is -0.00125 e. The van der Waals surface area contributed by atoms with Crippen molar-refractivity contribution >= 4 is 12.6 Å². The summed E-state index contributed by atoms with van der Waals surface area (Å²) in [5.74, 6) is 2.63. The Hall–Kier alpha value is 0.310. The molecule has 0 bridgehead atoms. The lowest BCUT2D eigenvalue weighted by Crippen LogP contribution is -2.29. The SMILES string of the molecule is CC1CC(CN)(CS)CC1C. The van der Waals surface area contributed by atoms with Crippen molar-refractivity contribution in [3.8, 4) is 0 Å². The average molecular weight is 173 g/mol. The average Bonchev–Trinajstić information content (AvgIpc) is 2.29. The molecule has 0 aromatic carbocycles. The molecule has 0 spiro atoms. The van der Waals surface area contributed by atoms with Gasteiger partial charge in [-0.3, -0.25) is 0 Å². The van der Waals surface area contributed by atoms with Crippen LogP contribution in [0.4, 0.5) is 0 Å². The molecule has 0 aliphatic heterocycles. The highest BCUT2D eigenvalue weighted by Gasteiger charge is 2.39. The largest absolute Gasteiger partial charge is 0.330 e. The fourth-order valence-electron chi connectivity index (χ4n) is 2.21. The molecule has 1 rings (SSSR count). The summed E-state index contributed by atoms with van der Waals surface area (Å²) in [6.07, 6.45) is 2.54. The van der Waals surface area contributed by atoms with Gasteiger partial charge in [0, 0.05) is 0 Å². The van der Waals surface area contributed by atoms with Crippen LogP contribution < -0.4 is 5.73 Å². The van der Waals surface area contributed by atoms with Crippen molar-refractivity contribution in [3.63, 3.8) is 0 Å². The van der Waals surface area contributed by atoms with Crippen molar-refractivity contribution in [2.24, 2.45) is 23.0 Å². The molecule has 0 aromatic rings. The van der Waals surface area contributed by atoms with Gasteiger partial charge in [0.15, 0.2) is 0 Å². The lowest BCUT2D eigenvalue weighted by molar-refractivity contribution is 0.343. The Morgan fingerprint density at radius 1 is 1.36 bits per heavy atom. The van der Waals surface area contributed by atoms with Crippen LogP contribution >= 0.6 is 12.6 Å². The number of hydrogen-bond donors (Lipinski definition) is 2. The van der Waals surface area contributed by atoms with Crippen LogP contribution in [0.2, 0.25) is 0 Å². The van der Waals surface area contributed by atoms with E-state index in [4.69, 9.17) is 5.73 Å². The highest BCUT2D eigenvalue weighted by Crippen LogP contribution is 2.45. The van der Waals surface area contributed by atoms with Gasteiger partial charge in [-0.2, -0.15) is 12.6 Å². The smallest absolute Gasteiger partial charge is 0.00125 e. The Labute approximate surface area is 75.1 Å². The van der Waals surface area contributed by atoms with Gasteiger partial charge in [0.2, 0.25) is 0 Å². The molecule has 0 amide bonds. The van der Waals surface area contributed by atoms with Gasteiger partial charge < -0.3 is 5.73 Å². The summed E-state index contributed by atoms with van der Waals surface area (Å²) in [7, 11) is 0. The van der Waals surface area contributed by atoms with E-state index in [1.54, 1.807) is 0 Å². The molecule has 0 heterocycles.